The Kier molecular flexibility index (Phi) is 5.40. The third-order valence-electron chi connectivity index (χ3n) is 2.53. The Morgan fingerprint density at radius 1 is 1.29 bits per heavy atom. The fraction of sp³-hybridized carbons (Fsp3) is 0.429. The van der Waals surface area contributed by atoms with Crippen molar-refractivity contribution in [3.8, 4) is 0 Å². The van der Waals surface area contributed by atoms with Crippen molar-refractivity contribution in [3.05, 3.63) is 29.8 Å². The monoisotopic (exact) mass is 233 g/mol. The number of carbonyl (C=O) groups is 2. The molecule has 1 aromatic rings. The summed E-state index contributed by atoms with van der Waals surface area (Å²) >= 11 is 0. The number of hydrogen-bond acceptors (Lipinski definition) is 2. The number of rotatable bonds is 6. The number of aryl methyl sites for hydroxylation is 1. The Morgan fingerprint density at radius 3 is 2.47 bits per heavy atom. The molecule has 17 heavy (non-hydrogen) atoms. The van der Waals surface area contributed by atoms with Gasteiger partial charge in [0.15, 0.2) is 0 Å². The highest BCUT2D eigenvalue weighted by Crippen LogP contribution is 2.12. The van der Waals surface area contributed by atoms with Crippen LogP contribution in [-0.4, -0.2) is 12.2 Å². The van der Waals surface area contributed by atoms with Crippen LogP contribution >= 0.6 is 0 Å². The molecule has 3 heteroatoms. The van der Waals surface area contributed by atoms with Crippen LogP contribution in [0.2, 0.25) is 0 Å². The summed E-state index contributed by atoms with van der Waals surface area (Å²) in [6.45, 7) is 3.73. The number of carbonyl (C=O) groups excluding carboxylic acids is 2. The van der Waals surface area contributed by atoms with Crippen molar-refractivity contribution in [2.75, 3.05) is 5.32 Å². The van der Waals surface area contributed by atoms with Crippen molar-refractivity contribution < 1.29 is 9.59 Å². The molecular weight excluding hydrogens is 214 g/mol. The van der Waals surface area contributed by atoms with E-state index in [1.165, 1.54) is 5.56 Å². The molecule has 0 heterocycles. The minimum absolute atomic E-state index is 0.0118. The zero-order valence-corrected chi connectivity index (χ0v) is 10.4. The third-order valence-corrected chi connectivity index (χ3v) is 2.53. The van der Waals surface area contributed by atoms with Crippen molar-refractivity contribution in [1.82, 2.24) is 0 Å². The topological polar surface area (TPSA) is 46.2 Å². The van der Waals surface area contributed by atoms with Gasteiger partial charge in [0.1, 0.15) is 6.29 Å². The van der Waals surface area contributed by atoms with Crippen molar-refractivity contribution in [2.24, 2.45) is 5.92 Å². The van der Waals surface area contributed by atoms with E-state index in [0.717, 1.165) is 24.8 Å². The van der Waals surface area contributed by atoms with Gasteiger partial charge in [0.25, 0.3) is 0 Å². The first kappa shape index (κ1) is 13.4. The minimum atomic E-state index is -0.0118. The normalized spacial score (nSPS) is 10.3. The predicted octanol–water partition coefficient (Wildman–Crippen LogP) is 2.80. The van der Waals surface area contributed by atoms with Gasteiger partial charge in [-0.05, 0) is 30.5 Å². The summed E-state index contributed by atoms with van der Waals surface area (Å²) in [4.78, 5) is 21.6. The van der Waals surface area contributed by atoms with Crippen LogP contribution in [0.1, 0.15) is 32.3 Å². The van der Waals surface area contributed by atoms with Gasteiger partial charge in [-0.1, -0.05) is 26.0 Å². The second-order valence-corrected chi connectivity index (χ2v) is 4.40. The second-order valence-electron chi connectivity index (χ2n) is 4.40. The van der Waals surface area contributed by atoms with Crippen molar-refractivity contribution in [2.45, 2.75) is 33.1 Å². The van der Waals surface area contributed by atoms with E-state index in [4.69, 9.17) is 0 Å². The maximum atomic E-state index is 11.5. The number of hydrogen-bond donors (Lipinski definition) is 1. The van der Waals surface area contributed by atoms with E-state index in [2.05, 4.69) is 5.32 Å². The quantitative estimate of drug-likeness (QED) is 0.606. The largest absolute Gasteiger partial charge is 0.326 e. The van der Waals surface area contributed by atoms with Gasteiger partial charge < -0.3 is 10.1 Å². The van der Waals surface area contributed by atoms with Crippen molar-refractivity contribution in [1.29, 1.82) is 0 Å². The SMILES string of the molecule is CC(C)C(=O)Nc1ccc(CCCC=O)cc1. The van der Waals surface area contributed by atoms with Gasteiger partial charge in [-0.2, -0.15) is 0 Å². The number of nitrogens with one attached hydrogen (secondary N) is 1. The highest BCUT2D eigenvalue weighted by molar-refractivity contribution is 5.91. The highest BCUT2D eigenvalue weighted by Gasteiger charge is 2.06. The molecule has 3 nitrogen and oxygen atoms in total. The summed E-state index contributed by atoms with van der Waals surface area (Å²) in [7, 11) is 0. The summed E-state index contributed by atoms with van der Waals surface area (Å²) in [5, 5.41) is 2.84. The van der Waals surface area contributed by atoms with Crippen LogP contribution in [0.3, 0.4) is 0 Å². The molecule has 0 fully saturated rings. The van der Waals surface area contributed by atoms with E-state index in [1.54, 1.807) is 0 Å². The number of amides is 1. The maximum absolute atomic E-state index is 11.5. The Morgan fingerprint density at radius 2 is 1.94 bits per heavy atom. The Balaban J connectivity index is 2.50. The lowest BCUT2D eigenvalue weighted by atomic mass is 10.1. The number of unbranched alkanes of at least 4 members (excludes halogenated alkanes) is 1. The van der Waals surface area contributed by atoms with Gasteiger partial charge in [-0.15, -0.1) is 0 Å². The molecule has 0 aliphatic carbocycles. The molecule has 1 amide bonds. The summed E-state index contributed by atoms with van der Waals surface area (Å²) in [6.07, 6.45) is 3.32. The first-order valence-electron chi connectivity index (χ1n) is 5.97. The molecule has 0 aromatic heterocycles. The molecule has 0 radical (unpaired) electrons. The zero-order valence-electron chi connectivity index (χ0n) is 10.4. The molecule has 0 spiro atoms. The molecule has 0 saturated heterocycles. The van der Waals surface area contributed by atoms with E-state index < -0.39 is 0 Å². The van der Waals surface area contributed by atoms with Gasteiger partial charge in [0.05, 0.1) is 0 Å². The van der Waals surface area contributed by atoms with Gasteiger partial charge in [-0.3, -0.25) is 4.79 Å². The first-order valence-corrected chi connectivity index (χ1v) is 5.97. The number of benzene rings is 1. The van der Waals surface area contributed by atoms with Crippen LogP contribution < -0.4 is 5.32 Å². The van der Waals surface area contributed by atoms with E-state index in [0.29, 0.717) is 6.42 Å². The zero-order chi connectivity index (χ0) is 12.7. The Bertz CT molecular complexity index is 368. The molecule has 0 aliphatic heterocycles. The molecule has 0 bridgehead atoms. The van der Waals surface area contributed by atoms with E-state index in [-0.39, 0.29) is 11.8 Å². The minimum Gasteiger partial charge on any atom is -0.326 e. The lowest BCUT2D eigenvalue weighted by Crippen LogP contribution is -2.17. The molecule has 0 atom stereocenters. The summed E-state index contributed by atoms with van der Waals surface area (Å²) < 4.78 is 0. The van der Waals surface area contributed by atoms with Gasteiger partial charge >= 0.3 is 0 Å². The average molecular weight is 233 g/mol. The second kappa shape index (κ2) is 6.84. The molecule has 0 saturated carbocycles. The molecular formula is C14H19NO2. The molecule has 1 aromatic carbocycles. The van der Waals surface area contributed by atoms with Crippen LogP contribution in [0, 0.1) is 5.92 Å². The highest BCUT2D eigenvalue weighted by atomic mass is 16.1. The number of anilines is 1. The Hall–Kier alpha value is -1.64. The van der Waals surface area contributed by atoms with Crippen LogP contribution in [0.25, 0.3) is 0 Å². The van der Waals surface area contributed by atoms with Crippen LogP contribution in [-0.2, 0) is 16.0 Å². The maximum Gasteiger partial charge on any atom is 0.226 e. The van der Waals surface area contributed by atoms with E-state index in [1.807, 2.05) is 38.1 Å². The van der Waals surface area contributed by atoms with Crippen LogP contribution in [0.15, 0.2) is 24.3 Å². The molecule has 1 rings (SSSR count). The Labute approximate surface area is 102 Å². The molecule has 0 aliphatic rings. The standard InChI is InChI=1S/C14H19NO2/c1-11(2)14(17)15-13-8-6-12(7-9-13)5-3-4-10-16/h6-11H,3-5H2,1-2H3,(H,15,17). The molecule has 1 N–H and O–H groups in total. The summed E-state index contributed by atoms with van der Waals surface area (Å²) in [5.74, 6) is 0.0148. The number of aldehydes is 1. The van der Waals surface area contributed by atoms with Crippen molar-refractivity contribution >= 4 is 17.9 Å². The first-order chi connectivity index (χ1) is 8.13. The van der Waals surface area contributed by atoms with Gasteiger partial charge in [0, 0.05) is 18.0 Å². The molecule has 92 valence electrons. The molecule has 0 unspecified atom stereocenters. The smallest absolute Gasteiger partial charge is 0.226 e. The van der Waals surface area contributed by atoms with Gasteiger partial charge in [0.2, 0.25) is 5.91 Å². The summed E-state index contributed by atoms with van der Waals surface area (Å²) in [6, 6.07) is 7.77. The lowest BCUT2D eigenvalue weighted by Gasteiger charge is -2.08. The average Bonchev–Trinajstić information content (AvgIpc) is 2.31. The third kappa shape index (κ3) is 4.81. The lowest BCUT2D eigenvalue weighted by molar-refractivity contribution is -0.118. The van der Waals surface area contributed by atoms with Crippen LogP contribution in [0.5, 0.6) is 0 Å². The van der Waals surface area contributed by atoms with Gasteiger partial charge in [-0.25, -0.2) is 0 Å². The van der Waals surface area contributed by atoms with Crippen molar-refractivity contribution in [3.63, 3.8) is 0 Å². The summed E-state index contributed by atoms with van der Waals surface area (Å²) in [5.41, 5.74) is 2.01. The van der Waals surface area contributed by atoms with E-state index >= 15 is 0 Å². The fourth-order valence-electron chi connectivity index (χ4n) is 1.43. The van der Waals surface area contributed by atoms with E-state index in [9.17, 15) is 9.59 Å². The fourth-order valence-corrected chi connectivity index (χ4v) is 1.43. The predicted molar refractivity (Wildman–Crippen MR) is 68.9 cm³/mol. The van der Waals surface area contributed by atoms with Crippen LogP contribution in [0.4, 0.5) is 5.69 Å².